The predicted molar refractivity (Wildman–Crippen MR) is 68.9 cm³/mol. The number of methoxy groups -OCH3 is 1. The Kier molecular flexibility index (Phi) is 5.66. The van der Waals surface area contributed by atoms with Gasteiger partial charge >= 0.3 is 12.1 Å². The molecule has 0 amide bonds. The van der Waals surface area contributed by atoms with Crippen molar-refractivity contribution in [2.24, 2.45) is 0 Å². The van der Waals surface area contributed by atoms with Crippen LogP contribution in [0.3, 0.4) is 0 Å². The number of aromatic nitrogens is 1. The van der Waals surface area contributed by atoms with E-state index in [2.05, 4.69) is 25.7 Å². The number of rotatable bonds is 4. The molecule has 106 valence electrons. The SMILES string of the molecule is COC(=O)CC(C)Sc1ncc(Br)cc1C(F)(F)F. The summed E-state index contributed by atoms with van der Waals surface area (Å²) in [6, 6.07) is 0.972. The van der Waals surface area contributed by atoms with E-state index in [1.807, 2.05) is 0 Å². The second-order valence-corrected chi connectivity index (χ2v) is 6.06. The zero-order valence-electron chi connectivity index (χ0n) is 10.1. The fourth-order valence-electron chi connectivity index (χ4n) is 1.27. The van der Waals surface area contributed by atoms with Crippen molar-refractivity contribution in [1.29, 1.82) is 0 Å². The van der Waals surface area contributed by atoms with E-state index >= 15 is 0 Å². The monoisotopic (exact) mass is 357 g/mol. The Morgan fingerprint density at radius 3 is 2.74 bits per heavy atom. The molecule has 0 aliphatic rings. The van der Waals surface area contributed by atoms with E-state index in [1.54, 1.807) is 6.92 Å². The first-order valence-corrected chi connectivity index (χ1v) is 6.87. The summed E-state index contributed by atoms with van der Waals surface area (Å²) in [5, 5.41) is -0.505. The summed E-state index contributed by atoms with van der Waals surface area (Å²) >= 11 is 3.86. The molecule has 0 fully saturated rings. The van der Waals surface area contributed by atoms with Crippen LogP contribution in [0, 0.1) is 0 Å². The molecule has 0 N–H and O–H groups in total. The van der Waals surface area contributed by atoms with E-state index in [-0.39, 0.29) is 21.2 Å². The van der Waals surface area contributed by atoms with Gasteiger partial charge < -0.3 is 4.74 Å². The van der Waals surface area contributed by atoms with E-state index in [4.69, 9.17) is 0 Å². The largest absolute Gasteiger partial charge is 0.469 e. The normalized spacial score (nSPS) is 13.2. The third-order valence-electron chi connectivity index (χ3n) is 2.12. The van der Waals surface area contributed by atoms with E-state index in [0.29, 0.717) is 0 Å². The average molecular weight is 358 g/mol. The van der Waals surface area contributed by atoms with E-state index in [0.717, 1.165) is 17.8 Å². The smallest absolute Gasteiger partial charge is 0.419 e. The topological polar surface area (TPSA) is 39.2 Å². The number of pyridine rings is 1. The van der Waals surface area contributed by atoms with Crippen molar-refractivity contribution in [3.05, 3.63) is 22.3 Å². The fraction of sp³-hybridized carbons (Fsp3) is 0.455. The van der Waals surface area contributed by atoms with Crippen molar-refractivity contribution < 1.29 is 22.7 Å². The lowest BCUT2D eigenvalue weighted by Gasteiger charge is -2.14. The van der Waals surface area contributed by atoms with Crippen LogP contribution in [-0.2, 0) is 15.7 Å². The first-order chi connectivity index (χ1) is 8.74. The van der Waals surface area contributed by atoms with Crippen molar-refractivity contribution in [2.45, 2.75) is 29.8 Å². The lowest BCUT2D eigenvalue weighted by atomic mass is 10.3. The van der Waals surface area contributed by atoms with Gasteiger partial charge in [-0.2, -0.15) is 13.2 Å². The van der Waals surface area contributed by atoms with Gasteiger partial charge in [0, 0.05) is 15.9 Å². The molecule has 0 radical (unpaired) electrons. The Bertz CT molecular complexity index is 468. The Morgan fingerprint density at radius 2 is 2.21 bits per heavy atom. The summed E-state index contributed by atoms with van der Waals surface area (Å²) in [6.07, 6.45) is -3.16. The molecule has 1 unspecified atom stereocenters. The number of hydrogen-bond donors (Lipinski definition) is 0. The lowest BCUT2D eigenvalue weighted by molar-refractivity contribution is -0.140. The van der Waals surface area contributed by atoms with Crippen LogP contribution < -0.4 is 0 Å². The first kappa shape index (κ1) is 16.3. The van der Waals surface area contributed by atoms with Crippen LogP contribution >= 0.6 is 27.7 Å². The highest BCUT2D eigenvalue weighted by Crippen LogP contribution is 2.38. The molecule has 0 spiro atoms. The van der Waals surface area contributed by atoms with E-state index in [9.17, 15) is 18.0 Å². The van der Waals surface area contributed by atoms with Crippen LogP contribution in [0.2, 0.25) is 0 Å². The quantitative estimate of drug-likeness (QED) is 0.605. The molecule has 8 heteroatoms. The van der Waals surface area contributed by atoms with Crippen LogP contribution in [-0.4, -0.2) is 23.3 Å². The number of halogens is 4. The molecule has 19 heavy (non-hydrogen) atoms. The van der Waals surface area contributed by atoms with Gasteiger partial charge in [-0.25, -0.2) is 4.98 Å². The number of hydrogen-bond acceptors (Lipinski definition) is 4. The van der Waals surface area contributed by atoms with Crippen LogP contribution in [0.5, 0.6) is 0 Å². The highest BCUT2D eigenvalue weighted by molar-refractivity contribution is 9.10. The number of nitrogens with zero attached hydrogens (tertiary/aromatic N) is 1. The number of esters is 1. The minimum atomic E-state index is -4.48. The highest BCUT2D eigenvalue weighted by Gasteiger charge is 2.35. The number of thioether (sulfide) groups is 1. The van der Waals surface area contributed by atoms with Gasteiger partial charge in [-0.3, -0.25) is 4.79 Å². The molecule has 1 aromatic rings. The molecular formula is C11H11BrF3NO2S. The summed E-state index contributed by atoms with van der Waals surface area (Å²) in [6.45, 7) is 1.64. The predicted octanol–water partition coefficient (Wildman–Crippen LogP) is 3.91. The van der Waals surface area contributed by atoms with Gasteiger partial charge in [0.25, 0.3) is 0 Å². The molecule has 0 bridgehead atoms. The van der Waals surface area contributed by atoms with Crippen LogP contribution in [0.4, 0.5) is 13.2 Å². The maximum Gasteiger partial charge on any atom is 0.419 e. The highest BCUT2D eigenvalue weighted by atomic mass is 79.9. The molecule has 1 atom stereocenters. The summed E-state index contributed by atoms with van der Waals surface area (Å²) in [7, 11) is 1.23. The van der Waals surface area contributed by atoms with E-state index < -0.39 is 17.7 Å². The van der Waals surface area contributed by atoms with Crippen LogP contribution in [0.15, 0.2) is 21.8 Å². The van der Waals surface area contributed by atoms with Gasteiger partial charge in [0.15, 0.2) is 0 Å². The average Bonchev–Trinajstić information content (AvgIpc) is 2.29. The Balaban J connectivity index is 2.92. The minimum Gasteiger partial charge on any atom is -0.469 e. The van der Waals surface area contributed by atoms with Gasteiger partial charge in [-0.05, 0) is 22.0 Å². The molecule has 1 rings (SSSR count). The second kappa shape index (κ2) is 6.60. The second-order valence-electron chi connectivity index (χ2n) is 3.71. The molecule has 0 aliphatic heterocycles. The van der Waals surface area contributed by atoms with Gasteiger partial charge in [-0.1, -0.05) is 6.92 Å². The third kappa shape index (κ3) is 5.02. The minimum absolute atomic E-state index is 0.0240. The molecule has 0 aromatic carbocycles. The summed E-state index contributed by atoms with van der Waals surface area (Å²) in [4.78, 5) is 14.8. The van der Waals surface area contributed by atoms with Gasteiger partial charge in [0.2, 0.25) is 0 Å². The zero-order valence-corrected chi connectivity index (χ0v) is 12.5. The maximum absolute atomic E-state index is 12.8. The molecule has 1 aromatic heterocycles. The number of carbonyl (C=O) groups excluding carboxylic acids is 1. The van der Waals surface area contributed by atoms with Gasteiger partial charge in [0.1, 0.15) is 5.03 Å². The van der Waals surface area contributed by atoms with Crippen LogP contribution in [0.1, 0.15) is 18.9 Å². The maximum atomic E-state index is 12.8. The third-order valence-corrected chi connectivity index (χ3v) is 3.67. The number of carbonyl (C=O) groups is 1. The molecular weight excluding hydrogens is 347 g/mol. The molecule has 1 heterocycles. The van der Waals surface area contributed by atoms with Crippen molar-refractivity contribution >= 4 is 33.7 Å². The Morgan fingerprint density at radius 1 is 1.58 bits per heavy atom. The summed E-state index contributed by atoms with van der Waals surface area (Å²) in [5.74, 6) is -0.467. The summed E-state index contributed by atoms with van der Waals surface area (Å²) < 4.78 is 43.3. The van der Waals surface area contributed by atoms with Crippen LogP contribution in [0.25, 0.3) is 0 Å². The van der Waals surface area contributed by atoms with Crippen molar-refractivity contribution in [3.8, 4) is 0 Å². The van der Waals surface area contributed by atoms with Crippen molar-refractivity contribution in [3.63, 3.8) is 0 Å². The first-order valence-electron chi connectivity index (χ1n) is 5.20. The number of alkyl halides is 3. The molecule has 0 saturated heterocycles. The Labute approximate surface area is 121 Å². The lowest BCUT2D eigenvalue weighted by Crippen LogP contribution is -2.12. The Hall–Kier alpha value is -0.760. The fourth-order valence-corrected chi connectivity index (χ4v) is 2.62. The van der Waals surface area contributed by atoms with Crippen molar-refractivity contribution in [2.75, 3.05) is 7.11 Å². The molecule has 0 aliphatic carbocycles. The molecule has 0 saturated carbocycles. The zero-order chi connectivity index (χ0) is 14.6. The van der Waals surface area contributed by atoms with E-state index in [1.165, 1.54) is 13.3 Å². The van der Waals surface area contributed by atoms with Gasteiger partial charge in [-0.15, -0.1) is 11.8 Å². The molecule has 3 nitrogen and oxygen atoms in total. The van der Waals surface area contributed by atoms with Crippen molar-refractivity contribution in [1.82, 2.24) is 4.98 Å². The van der Waals surface area contributed by atoms with Gasteiger partial charge in [0.05, 0.1) is 19.1 Å². The summed E-state index contributed by atoms with van der Waals surface area (Å²) in [5.41, 5.74) is -0.816. The standard InChI is InChI=1S/C11H11BrF3NO2S/c1-6(3-9(17)18-2)19-10-8(11(13,14)15)4-7(12)5-16-10/h4-6H,3H2,1-2H3. The number of ether oxygens (including phenoxy) is 1.